The third-order valence-electron chi connectivity index (χ3n) is 4.17. The molecule has 0 heterocycles. The molecular formula is C18H20N2O. The third-order valence-corrected chi connectivity index (χ3v) is 4.17. The van der Waals surface area contributed by atoms with Gasteiger partial charge in [-0.25, -0.2) is 0 Å². The first kappa shape index (κ1) is 13.7. The van der Waals surface area contributed by atoms with Crippen molar-refractivity contribution in [3.8, 4) is 0 Å². The van der Waals surface area contributed by atoms with Crippen molar-refractivity contribution >= 4 is 11.6 Å². The van der Waals surface area contributed by atoms with E-state index < -0.39 is 0 Å². The lowest BCUT2D eigenvalue weighted by molar-refractivity contribution is 0.100. The van der Waals surface area contributed by atoms with Crippen LogP contribution in [-0.4, -0.2) is 11.9 Å². The van der Waals surface area contributed by atoms with Crippen LogP contribution in [0.4, 0.5) is 5.69 Å². The molecular weight excluding hydrogens is 260 g/mol. The fourth-order valence-corrected chi connectivity index (χ4v) is 2.93. The summed E-state index contributed by atoms with van der Waals surface area (Å²) in [6, 6.07) is 16.6. The van der Waals surface area contributed by atoms with Crippen molar-refractivity contribution in [2.75, 3.05) is 5.32 Å². The summed E-state index contributed by atoms with van der Waals surface area (Å²) in [7, 11) is 0. The lowest BCUT2D eigenvalue weighted by atomic mass is 9.75. The van der Waals surface area contributed by atoms with Gasteiger partial charge in [-0.15, -0.1) is 0 Å². The fraction of sp³-hybridized carbons (Fsp3) is 0.278. The van der Waals surface area contributed by atoms with E-state index in [2.05, 4.69) is 36.5 Å². The number of nitrogens with two attached hydrogens (primary N) is 1. The number of benzene rings is 2. The lowest BCUT2D eigenvalue weighted by Crippen LogP contribution is -2.34. The highest BCUT2D eigenvalue weighted by molar-refractivity contribution is 5.93. The van der Waals surface area contributed by atoms with Gasteiger partial charge in [0.2, 0.25) is 5.91 Å². The standard InChI is InChI=1S/C18H20N2O/c1-12-4-2-5-13(8-12)15-10-17(11-15)20-16-7-3-6-14(9-16)18(19)21/h2-9,15,17,20H,10-11H2,1H3,(H2,19,21). The molecule has 21 heavy (non-hydrogen) atoms. The Morgan fingerprint density at radius 3 is 2.62 bits per heavy atom. The second kappa shape index (κ2) is 5.60. The number of amides is 1. The summed E-state index contributed by atoms with van der Waals surface area (Å²) in [5.41, 5.74) is 9.57. The molecule has 1 amide bonds. The maximum Gasteiger partial charge on any atom is 0.248 e. The molecule has 0 atom stereocenters. The average molecular weight is 280 g/mol. The van der Waals surface area contributed by atoms with E-state index in [9.17, 15) is 4.79 Å². The molecule has 3 heteroatoms. The van der Waals surface area contributed by atoms with Crippen LogP contribution in [0.5, 0.6) is 0 Å². The van der Waals surface area contributed by atoms with Gasteiger partial charge in [-0.1, -0.05) is 35.9 Å². The molecule has 0 saturated heterocycles. The smallest absolute Gasteiger partial charge is 0.248 e. The van der Waals surface area contributed by atoms with Crippen LogP contribution in [0.25, 0.3) is 0 Å². The van der Waals surface area contributed by atoms with E-state index in [0.29, 0.717) is 17.5 Å². The normalized spacial score (nSPS) is 20.6. The first-order valence-corrected chi connectivity index (χ1v) is 7.35. The highest BCUT2D eigenvalue weighted by atomic mass is 16.1. The number of hydrogen-bond donors (Lipinski definition) is 2. The summed E-state index contributed by atoms with van der Waals surface area (Å²) in [6.45, 7) is 2.13. The Kier molecular flexibility index (Phi) is 3.65. The Hall–Kier alpha value is -2.29. The first-order chi connectivity index (χ1) is 10.1. The molecule has 0 radical (unpaired) electrons. The van der Waals surface area contributed by atoms with Crippen LogP contribution < -0.4 is 11.1 Å². The minimum Gasteiger partial charge on any atom is -0.382 e. The molecule has 0 bridgehead atoms. The first-order valence-electron chi connectivity index (χ1n) is 7.35. The summed E-state index contributed by atoms with van der Waals surface area (Å²) in [4.78, 5) is 11.2. The van der Waals surface area contributed by atoms with Crippen molar-refractivity contribution in [3.05, 3.63) is 65.2 Å². The van der Waals surface area contributed by atoms with Gasteiger partial charge in [-0.2, -0.15) is 0 Å². The van der Waals surface area contributed by atoms with Crippen LogP contribution in [0.15, 0.2) is 48.5 Å². The summed E-state index contributed by atoms with van der Waals surface area (Å²) < 4.78 is 0. The topological polar surface area (TPSA) is 55.1 Å². The van der Waals surface area contributed by atoms with E-state index in [4.69, 9.17) is 5.73 Å². The monoisotopic (exact) mass is 280 g/mol. The van der Waals surface area contributed by atoms with E-state index in [1.165, 1.54) is 11.1 Å². The zero-order valence-electron chi connectivity index (χ0n) is 12.2. The zero-order chi connectivity index (χ0) is 14.8. The Morgan fingerprint density at radius 1 is 1.14 bits per heavy atom. The third kappa shape index (κ3) is 3.07. The van der Waals surface area contributed by atoms with Gasteiger partial charge < -0.3 is 11.1 Å². The molecule has 1 saturated carbocycles. The molecule has 0 unspecified atom stereocenters. The summed E-state index contributed by atoms with van der Waals surface area (Å²) in [5.74, 6) is 0.256. The van der Waals surface area contributed by atoms with Crippen LogP contribution in [0.3, 0.4) is 0 Å². The molecule has 1 aliphatic rings. The molecule has 3 rings (SSSR count). The van der Waals surface area contributed by atoms with E-state index in [1.807, 2.05) is 18.2 Å². The summed E-state index contributed by atoms with van der Waals surface area (Å²) >= 11 is 0. The SMILES string of the molecule is Cc1cccc(C2CC(Nc3cccc(C(N)=O)c3)C2)c1. The Bertz CT molecular complexity index is 660. The highest BCUT2D eigenvalue weighted by Crippen LogP contribution is 2.38. The van der Waals surface area contributed by atoms with Crippen LogP contribution in [0.1, 0.15) is 40.2 Å². The van der Waals surface area contributed by atoms with Crippen LogP contribution in [0.2, 0.25) is 0 Å². The number of carbonyl (C=O) groups excluding carboxylic acids is 1. The van der Waals surface area contributed by atoms with Gasteiger partial charge >= 0.3 is 0 Å². The number of carbonyl (C=O) groups is 1. The van der Waals surface area contributed by atoms with Gasteiger partial charge in [0.05, 0.1) is 0 Å². The van der Waals surface area contributed by atoms with Gasteiger partial charge in [0.1, 0.15) is 0 Å². The molecule has 2 aromatic rings. The largest absolute Gasteiger partial charge is 0.382 e. The summed E-state index contributed by atoms with van der Waals surface area (Å²) in [6.07, 6.45) is 2.26. The number of nitrogens with one attached hydrogen (secondary N) is 1. The quantitative estimate of drug-likeness (QED) is 0.901. The fourth-order valence-electron chi connectivity index (χ4n) is 2.93. The van der Waals surface area contributed by atoms with Crippen molar-refractivity contribution in [3.63, 3.8) is 0 Å². The van der Waals surface area contributed by atoms with Crippen molar-refractivity contribution < 1.29 is 4.79 Å². The van der Waals surface area contributed by atoms with Crippen molar-refractivity contribution in [1.29, 1.82) is 0 Å². The second-order valence-corrected chi connectivity index (χ2v) is 5.87. The average Bonchev–Trinajstić information content (AvgIpc) is 2.42. The van der Waals surface area contributed by atoms with E-state index >= 15 is 0 Å². The molecule has 108 valence electrons. The molecule has 0 spiro atoms. The van der Waals surface area contributed by atoms with Crippen molar-refractivity contribution in [2.45, 2.75) is 31.7 Å². The van der Waals surface area contributed by atoms with Crippen LogP contribution in [-0.2, 0) is 0 Å². The van der Waals surface area contributed by atoms with Gasteiger partial charge in [-0.05, 0) is 49.4 Å². The van der Waals surface area contributed by atoms with Crippen molar-refractivity contribution in [1.82, 2.24) is 0 Å². The maximum atomic E-state index is 11.2. The predicted molar refractivity (Wildman–Crippen MR) is 85.5 cm³/mol. The minimum atomic E-state index is -0.384. The van der Waals surface area contributed by atoms with E-state index in [0.717, 1.165) is 18.5 Å². The molecule has 0 aromatic heterocycles. The predicted octanol–water partition coefficient (Wildman–Crippen LogP) is 3.45. The van der Waals surface area contributed by atoms with Crippen LogP contribution in [0, 0.1) is 6.92 Å². The van der Waals surface area contributed by atoms with Crippen LogP contribution >= 0.6 is 0 Å². The van der Waals surface area contributed by atoms with Crippen molar-refractivity contribution in [2.24, 2.45) is 5.73 Å². The van der Waals surface area contributed by atoms with Gasteiger partial charge in [0, 0.05) is 17.3 Å². The minimum absolute atomic E-state index is 0.384. The number of rotatable bonds is 4. The molecule has 2 aromatic carbocycles. The Labute approximate surface area is 125 Å². The number of hydrogen-bond acceptors (Lipinski definition) is 2. The number of anilines is 1. The second-order valence-electron chi connectivity index (χ2n) is 5.87. The van der Waals surface area contributed by atoms with E-state index in [-0.39, 0.29) is 5.91 Å². The van der Waals surface area contributed by atoms with Gasteiger partial charge in [0.25, 0.3) is 0 Å². The Morgan fingerprint density at radius 2 is 1.90 bits per heavy atom. The summed E-state index contributed by atoms with van der Waals surface area (Å²) in [5, 5.41) is 3.48. The number of aryl methyl sites for hydroxylation is 1. The molecule has 0 aliphatic heterocycles. The Balaban J connectivity index is 1.60. The zero-order valence-corrected chi connectivity index (χ0v) is 12.2. The molecule has 1 fully saturated rings. The van der Waals surface area contributed by atoms with Gasteiger partial charge in [-0.3, -0.25) is 4.79 Å². The molecule has 1 aliphatic carbocycles. The van der Waals surface area contributed by atoms with E-state index in [1.54, 1.807) is 6.07 Å². The molecule has 3 N–H and O–H groups in total. The van der Waals surface area contributed by atoms with Gasteiger partial charge in [0.15, 0.2) is 0 Å². The highest BCUT2D eigenvalue weighted by Gasteiger charge is 2.30. The number of primary amides is 1. The molecule has 3 nitrogen and oxygen atoms in total. The maximum absolute atomic E-state index is 11.2. The lowest BCUT2D eigenvalue weighted by Gasteiger charge is -2.37.